The molecule has 3 aromatic rings. The number of hydrogen-bond donors (Lipinski definition) is 3. The predicted molar refractivity (Wildman–Crippen MR) is 106 cm³/mol. The summed E-state index contributed by atoms with van der Waals surface area (Å²) < 4.78 is 7.61. The monoisotopic (exact) mass is 367 g/mol. The number of nitrogens with zero attached hydrogens (tertiary/aromatic N) is 3. The summed E-state index contributed by atoms with van der Waals surface area (Å²) in [5.74, 6) is 1.93. The molecule has 1 fully saturated rings. The molecule has 0 amide bonds. The zero-order valence-corrected chi connectivity index (χ0v) is 15.4. The number of anilines is 1. The summed E-state index contributed by atoms with van der Waals surface area (Å²) in [5.41, 5.74) is 9.17. The summed E-state index contributed by atoms with van der Waals surface area (Å²) in [6.07, 6.45) is 5.85. The van der Waals surface area contributed by atoms with Gasteiger partial charge >= 0.3 is 0 Å². The Hall–Kier alpha value is -2.64. The van der Waals surface area contributed by atoms with Gasteiger partial charge in [0.25, 0.3) is 0 Å². The topological polar surface area (TPSA) is 98.2 Å². The molecule has 0 unspecified atom stereocenters. The number of nitrogens with two attached hydrogens (primary N) is 1. The molecule has 1 aromatic carbocycles. The Morgan fingerprint density at radius 1 is 1.33 bits per heavy atom. The van der Waals surface area contributed by atoms with Gasteiger partial charge in [0.2, 0.25) is 0 Å². The molecule has 1 aliphatic rings. The molecule has 4 rings (SSSR count). The van der Waals surface area contributed by atoms with E-state index in [-0.39, 0.29) is 6.61 Å². The van der Waals surface area contributed by atoms with Crippen molar-refractivity contribution in [2.24, 2.45) is 5.92 Å². The van der Waals surface area contributed by atoms with Gasteiger partial charge in [0.1, 0.15) is 23.5 Å². The van der Waals surface area contributed by atoms with Crippen molar-refractivity contribution in [3.63, 3.8) is 0 Å². The van der Waals surface area contributed by atoms with E-state index in [0.717, 1.165) is 47.3 Å². The molecule has 2 heterocycles. The number of methoxy groups -OCH3 is 1. The molecular weight excluding hydrogens is 342 g/mol. The third-order valence-corrected chi connectivity index (χ3v) is 5.35. The van der Waals surface area contributed by atoms with Crippen LogP contribution in [0.3, 0.4) is 0 Å². The maximum atomic E-state index is 8.89. The van der Waals surface area contributed by atoms with E-state index in [1.165, 1.54) is 6.33 Å². The Bertz CT molecular complexity index is 933. The molecule has 1 aliphatic carbocycles. The van der Waals surface area contributed by atoms with Gasteiger partial charge in [0.05, 0.1) is 19.1 Å². The summed E-state index contributed by atoms with van der Waals surface area (Å²) >= 11 is 0. The number of ether oxygens (including phenoxy) is 1. The summed E-state index contributed by atoms with van der Waals surface area (Å²) in [6.45, 7) is 1.77. The standard InChI is InChI=1S/C20H25N5O2/c1-27-16-4-2-3-14(9-16)17-11-25(20-18(17)19(21)23-12-24-20)15-7-13(8-15)10-22-5-6-26/h2-4,9,11-13,15,22,26H,5-8,10H2,1H3,(H2,21,23,24). The Morgan fingerprint density at radius 3 is 2.96 bits per heavy atom. The van der Waals surface area contributed by atoms with E-state index in [4.69, 9.17) is 15.6 Å². The molecule has 7 nitrogen and oxygen atoms in total. The smallest absolute Gasteiger partial charge is 0.146 e. The van der Waals surface area contributed by atoms with Crippen LogP contribution in [0.4, 0.5) is 5.82 Å². The number of aliphatic hydroxyl groups is 1. The number of fused-ring (bicyclic) bond motifs is 1. The first-order valence-corrected chi connectivity index (χ1v) is 9.28. The molecule has 2 aromatic heterocycles. The van der Waals surface area contributed by atoms with Crippen LogP contribution < -0.4 is 15.8 Å². The Balaban J connectivity index is 1.66. The van der Waals surface area contributed by atoms with E-state index in [0.29, 0.717) is 24.3 Å². The molecule has 4 N–H and O–H groups in total. The molecule has 0 radical (unpaired) electrons. The molecule has 0 aliphatic heterocycles. The Labute approximate surface area is 158 Å². The first kappa shape index (κ1) is 17.8. The predicted octanol–water partition coefficient (Wildman–Crippen LogP) is 2.22. The van der Waals surface area contributed by atoms with Gasteiger partial charge < -0.3 is 25.5 Å². The SMILES string of the molecule is COc1cccc(-c2cn(C3CC(CNCCO)C3)c3ncnc(N)c23)c1. The quantitative estimate of drug-likeness (QED) is 0.554. The van der Waals surface area contributed by atoms with Gasteiger partial charge in [-0.3, -0.25) is 0 Å². The fourth-order valence-corrected chi connectivity index (χ4v) is 3.88. The zero-order valence-electron chi connectivity index (χ0n) is 15.4. The highest BCUT2D eigenvalue weighted by Gasteiger charge is 2.32. The second kappa shape index (κ2) is 7.54. The number of aromatic nitrogens is 3. The maximum absolute atomic E-state index is 8.89. The summed E-state index contributed by atoms with van der Waals surface area (Å²) in [5, 5.41) is 13.1. The molecule has 142 valence electrons. The number of aliphatic hydroxyl groups excluding tert-OH is 1. The van der Waals surface area contributed by atoms with Gasteiger partial charge in [-0.25, -0.2) is 9.97 Å². The number of nitrogens with one attached hydrogen (secondary N) is 1. The van der Waals surface area contributed by atoms with Crippen molar-refractivity contribution in [3.05, 3.63) is 36.8 Å². The van der Waals surface area contributed by atoms with Crippen LogP contribution in [0.25, 0.3) is 22.2 Å². The first-order chi connectivity index (χ1) is 13.2. The van der Waals surface area contributed by atoms with Gasteiger partial charge in [-0.15, -0.1) is 0 Å². The zero-order chi connectivity index (χ0) is 18.8. The summed E-state index contributed by atoms with van der Waals surface area (Å²) in [4.78, 5) is 8.73. The van der Waals surface area contributed by atoms with E-state index < -0.39 is 0 Å². The van der Waals surface area contributed by atoms with Crippen LogP contribution in [-0.4, -0.2) is 46.4 Å². The number of benzene rings is 1. The average molecular weight is 367 g/mol. The third-order valence-electron chi connectivity index (χ3n) is 5.35. The van der Waals surface area contributed by atoms with E-state index >= 15 is 0 Å². The van der Waals surface area contributed by atoms with Gasteiger partial charge in [-0.05, 0) is 43.0 Å². The molecule has 0 bridgehead atoms. The maximum Gasteiger partial charge on any atom is 0.146 e. The van der Waals surface area contributed by atoms with Crippen molar-refractivity contribution >= 4 is 16.9 Å². The highest BCUT2D eigenvalue weighted by atomic mass is 16.5. The molecular formula is C20H25N5O2. The lowest BCUT2D eigenvalue weighted by molar-refractivity contribution is 0.192. The lowest BCUT2D eigenvalue weighted by Gasteiger charge is -2.36. The molecule has 27 heavy (non-hydrogen) atoms. The number of nitrogen functional groups attached to an aromatic ring is 1. The molecule has 1 saturated carbocycles. The largest absolute Gasteiger partial charge is 0.497 e. The van der Waals surface area contributed by atoms with Crippen molar-refractivity contribution in [2.45, 2.75) is 18.9 Å². The minimum absolute atomic E-state index is 0.179. The molecule has 0 saturated heterocycles. The molecule has 7 heteroatoms. The van der Waals surface area contributed by atoms with Gasteiger partial charge in [-0.1, -0.05) is 12.1 Å². The van der Waals surface area contributed by atoms with Crippen LogP contribution in [0, 0.1) is 5.92 Å². The first-order valence-electron chi connectivity index (χ1n) is 9.28. The highest BCUT2D eigenvalue weighted by Crippen LogP contribution is 2.42. The van der Waals surface area contributed by atoms with Crippen molar-refractivity contribution < 1.29 is 9.84 Å². The van der Waals surface area contributed by atoms with Crippen molar-refractivity contribution in [1.29, 1.82) is 0 Å². The van der Waals surface area contributed by atoms with Crippen molar-refractivity contribution in [3.8, 4) is 16.9 Å². The van der Waals surface area contributed by atoms with Crippen molar-refractivity contribution in [1.82, 2.24) is 19.9 Å². The summed E-state index contributed by atoms with van der Waals surface area (Å²) in [7, 11) is 1.67. The lowest BCUT2D eigenvalue weighted by Crippen LogP contribution is -2.35. The van der Waals surface area contributed by atoms with E-state index in [1.807, 2.05) is 18.2 Å². The van der Waals surface area contributed by atoms with Crippen LogP contribution in [0.15, 0.2) is 36.8 Å². The van der Waals surface area contributed by atoms with E-state index in [1.54, 1.807) is 7.11 Å². The Morgan fingerprint density at radius 2 is 2.19 bits per heavy atom. The molecule has 0 atom stereocenters. The van der Waals surface area contributed by atoms with Crippen LogP contribution in [0.5, 0.6) is 5.75 Å². The number of hydrogen-bond acceptors (Lipinski definition) is 6. The van der Waals surface area contributed by atoms with Crippen LogP contribution in [0.1, 0.15) is 18.9 Å². The summed E-state index contributed by atoms with van der Waals surface area (Å²) in [6, 6.07) is 8.37. The minimum Gasteiger partial charge on any atom is -0.497 e. The highest BCUT2D eigenvalue weighted by molar-refractivity contribution is 6.00. The second-order valence-corrected chi connectivity index (χ2v) is 7.06. The van der Waals surface area contributed by atoms with E-state index in [9.17, 15) is 0 Å². The van der Waals surface area contributed by atoms with Gasteiger partial charge in [0, 0.05) is 24.3 Å². The fraction of sp³-hybridized carbons (Fsp3) is 0.400. The molecule has 0 spiro atoms. The average Bonchev–Trinajstić information content (AvgIpc) is 3.04. The van der Waals surface area contributed by atoms with Crippen LogP contribution in [-0.2, 0) is 0 Å². The van der Waals surface area contributed by atoms with Crippen molar-refractivity contribution in [2.75, 3.05) is 32.5 Å². The van der Waals surface area contributed by atoms with Crippen LogP contribution in [0.2, 0.25) is 0 Å². The third kappa shape index (κ3) is 3.36. The second-order valence-electron chi connectivity index (χ2n) is 7.06. The number of rotatable bonds is 7. The van der Waals surface area contributed by atoms with E-state index in [2.05, 4.69) is 32.1 Å². The fourth-order valence-electron chi connectivity index (χ4n) is 3.88. The van der Waals surface area contributed by atoms with Gasteiger partial charge in [0.15, 0.2) is 0 Å². The minimum atomic E-state index is 0.179. The van der Waals surface area contributed by atoms with Crippen LogP contribution >= 0.6 is 0 Å². The normalized spacial score (nSPS) is 19.2. The Kier molecular flexibility index (Phi) is 4.96. The lowest BCUT2D eigenvalue weighted by atomic mass is 9.80. The van der Waals surface area contributed by atoms with Gasteiger partial charge in [-0.2, -0.15) is 0 Å².